The Morgan fingerprint density at radius 1 is 1.30 bits per heavy atom. The van der Waals surface area contributed by atoms with Crippen LogP contribution in [-0.4, -0.2) is 21.6 Å². The minimum atomic E-state index is 0. The summed E-state index contributed by atoms with van der Waals surface area (Å²) in [5.74, 6) is 1.41. The number of aromatic nitrogens is 2. The highest BCUT2D eigenvalue weighted by molar-refractivity contribution is 14.0. The maximum absolute atomic E-state index is 5.82. The first-order valence-corrected chi connectivity index (χ1v) is 7.75. The molecule has 0 saturated carbocycles. The SMILES string of the molecule is CC(C)NC(N)=NCc1nccn1CCCc1ccccc1.I. The average Bonchev–Trinajstić information content (AvgIpc) is 2.93. The van der Waals surface area contributed by atoms with Gasteiger partial charge in [0.2, 0.25) is 0 Å². The van der Waals surface area contributed by atoms with E-state index in [4.69, 9.17) is 5.73 Å². The Bertz CT molecular complexity index is 592. The quantitative estimate of drug-likeness (QED) is 0.406. The molecule has 1 heterocycles. The number of hydrogen-bond acceptors (Lipinski definition) is 2. The largest absolute Gasteiger partial charge is 0.370 e. The van der Waals surface area contributed by atoms with Gasteiger partial charge in [-0.05, 0) is 32.3 Å². The van der Waals surface area contributed by atoms with Crippen LogP contribution in [-0.2, 0) is 19.5 Å². The third kappa shape index (κ3) is 7.02. The molecule has 6 heteroatoms. The maximum atomic E-state index is 5.82. The fourth-order valence-electron chi connectivity index (χ4n) is 2.29. The van der Waals surface area contributed by atoms with Gasteiger partial charge >= 0.3 is 0 Å². The van der Waals surface area contributed by atoms with Crippen LogP contribution in [0.4, 0.5) is 0 Å². The average molecular weight is 427 g/mol. The summed E-state index contributed by atoms with van der Waals surface area (Å²) < 4.78 is 2.15. The van der Waals surface area contributed by atoms with Crippen LogP contribution in [0.15, 0.2) is 47.7 Å². The number of halogens is 1. The standard InChI is InChI=1S/C17H25N5.HI/c1-14(2)21-17(18)20-13-16-19-10-12-22(16)11-6-9-15-7-4-3-5-8-15;/h3-5,7-8,10,12,14H,6,9,11,13H2,1-2H3,(H3,18,20,21);1H. The molecule has 2 aromatic rings. The molecule has 0 amide bonds. The van der Waals surface area contributed by atoms with E-state index in [1.807, 2.05) is 32.3 Å². The highest BCUT2D eigenvalue weighted by atomic mass is 127. The van der Waals surface area contributed by atoms with E-state index >= 15 is 0 Å². The Kier molecular flexibility index (Phi) is 8.68. The van der Waals surface area contributed by atoms with Crippen LogP contribution in [0.2, 0.25) is 0 Å². The van der Waals surface area contributed by atoms with Gasteiger partial charge < -0.3 is 15.6 Å². The lowest BCUT2D eigenvalue weighted by molar-refractivity contribution is 0.610. The molecule has 0 saturated heterocycles. The summed E-state index contributed by atoms with van der Waals surface area (Å²) in [5, 5.41) is 3.08. The number of nitrogens with two attached hydrogens (primary N) is 1. The van der Waals surface area contributed by atoms with Crippen LogP contribution in [0.25, 0.3) is 0 Å². The van der Waals surface area contributed by atoms with Gasteiger partial charge in [-0.1, -0.05) is 30.3 Å². The zero-order valence-corrected chi connectivity index (χ0v) is 16.1. The molecule has 0 aliphatic heterocycles. The van der Waals surface area contributed by atoms with Gasteiger partial charge in [0.25, 0.3) is 0 Å². The van der Waals surface area contributed by atoms with Gasteiger partial charge in [-0.15, -0.1) is 24.0 Å². The van der Waals surface area contributed by atoms with E-state index in [0.717, 1.165) is 25.2 Å². The number of aliphatic imine (C=N–C) groups is 1. The first-order valence-electron chi connectivity index (χ1n) is 7.75. The topological polar surface area (TPSA) is 68.2 Å². The number of guanidine groups is 1. The van der Waals surface area contributed by atoms with E-state index < -0.39 is 0 Å². The van der Waals surface area contributed by atoms with Crippen molar-refractivity contribution in [3.63, 3.8) is 0 Å². The van der Waals surface area contributed by atoms with Gasteiger partial charge in [0, 0.05) is 25.0 Å². The lowest BCUT2D eigenvalue weighted by Gasteiger charge is -2.09. The molecule has 0 radical (unpaired) electrons. The van der Waals surface area contributed by atoms with E-state index in [0.29, 0.717) is 12.5 Å². The summed E-state index contributed by atoms with van der Waals surface area (Å²) in [6, 6.07) is 10.8. The van der Waals surface area contributed by atoms with E-state index in [9.17, 15) is 0 Å². The van der Waals surface area contributed by atoms with Crippen molar-refractivity contribution < 1.29 is 0 Å². The molecule has 1 aromatic carbocycles. The van der Waals surface area contributed by atoms with E-state index in [2.05, 4.69) is 44.1 Å². The smallest absolute Gasteiger partial charge is 0.189 e. The predicted octanol–water partition coefficient (Wildman–Crippen LogP) is 2.95. The van der Waals surface area contributed by atoms with Crippen molar-refractivity contribution in [3.05, 3.63) is 54.1 Å². The van der Waals surface area contributed by atoms with Crippen molar-refractivity contribution in [1.29, 1.82) is 0 Å². The number of imidazole rings is 1. The van der Waals surface area contributed by atoms with Crippen LogP contribution in [0, 0.1) is 0 Å². The van der Waals surface area contributed by atoms with Gasteiger partial charge in [0.15, 0.2) is 5.96 Å². The summed E-state index contributed by atoms with van der Waals surface area (Å²) >= 11 is 0. The minimum absolute atomic E-state index is 0. The molecule has 0 unspecified atom stereocenters. The fourth-order valence-corrected chi connectivity index (χ4v) is 2.29. The molecule has 0 aliphatic carbocycles. The van der Waals surface area contributed by atoms with Crippen molar-refractivity contribution in [2.75, 3.05) is 0 Å². The van der Waals surface area contributed by atoms with Crippen LogP contribution in [0.5, 0.6) is 0 Å². The normalized spacial score (nSPS) is 11.3. The third-order valence-electron chi connectivity index (χ3n) is 3.34. The number of benzene rings is 1. The Morgan fingerprint density at radius 2 is 2.04 bits per heavy atom. The second kappa shape index (κ2) is 10.3. The molecular formula is C17H26IN5. The van der Waals surface area contributed by atoms with Crippen LogP contribution in [0.3, 0.4) is 0 Å². The summed E-state index contributed by atoms with van der Waals surface area (Å²) in [4.78, 5) is 8.70. The number of hydrogen-bond donors (Lipinski definition) is 2. The lowest BCUT2D eigenvalue weighted by Crippen LogP contribution is -2.36. The van der Waals surface area contributed by atoms with Gasteiger partial charge in [-0.2, -0.15) is 0 Å². The molecule has 0 aliphatic rings. The molecule has 0 fully saturated rings. The van der Waals surface area contributed by atoms with Crippen molar-refractivity contribution in [2.45, 2.75) is 45.8 Å². The molecule has 3 N–H and O–H groups in total. The molecule has 0 atom stereocenters. The molecule has 0 spiro atoms. The monoisotopic (exact) mass is 427 g/mol. The second-order valence-electron chi connectivity index (χ2n) is 5.63. The summed E-state index contributed by atoms with van der Waals surface area (Å²) in [5.41, 5.74) is 7.19. The zero-order valence-electron chi connectivity index (χ0n) is 13.8. The molecule has 0 bridgehead atoms. The summed E-state index contributed by atoms with van der Waals surface area (Å²) in [6.45, 7) is 5.51. The second-order valence-corrected chi connectivity index (χ2v) is 5.63. The van der Waals surface area contributed by atoms with E-state index in [1.54, 1.807) is 0 Å². The number of nitrogens with zero attached hydrogens (tertiary/aromatic N) is 3. The van der Waals surface area contributed by atoms with Crippen molar-refractivity contribution >= 4 is 29.9 Å². The Morgan fingerprint density at radius 3 is 2.74 bits per heavy atom. The van der Waals surface area contributed by atoms with Gasteiger partial charge in [0.1, 0.15) is 12.4 Å². The minimum Gasteiger partial charge on any atom is -0.370 e. The Hall–Kier alpha value is -1.57. The predicted molar refractivity (Wildman–Crippen MR) is 106 cm³/mol. The molecule has 126 valence electrons. The Balaban J connectivity index is 0.00000264. The van der Waals surface area contributed by atoms with Crippen LogP contribution < -0.4 is 11.1 Å². The highest BCUT2D eigenvalue weighted by Crippen LogP contribution is 2.06. The highest BCUT2D eigenvalue weighted by Gasteiger charge is 2.03. The Labute approximate surface area is 155 Å². The van der Waals surface area contributed by atoms with Crippen molar-refractivity contribution in [1.82, 2.24) is 14.9 Å². The van der Waals surface area contributed by atoms with E-state index in [-0.39, 0.29) is 30.0 Å². The summed E-state index contributed by atoms with van der Waals surface area (Å²) in [7, 11) is 0. The van der Waals surface area contributed by atoms with Crippen LogP contribution >= 0.6 is 24.0 Å². The maximum Gasteiger partial charge on any atom is 0.189 e. The molecular weight excluding hydrogens is 401 g/mol. The lowest BCUT2D eigenvalue weighted by atomic mass is 10.1. The molecule has 2 rings (SSSR count). The first-order chi connectivity index (χ1) is 10.6. The van der Waals surface area contributed by atoms with Gasteiger partial charge in [-0.25, -0.2) is 9.98 Å². The number of rotatable bonds is 7. The van der Waals surface area contributed by atoms with Crippen molar-refractivity contribution in [2.24, 2.45) is 10.7 Å². The van der Waals surface area contributed by atoms with Crippen molar-refractivity contribution in [3.8, 4) is 0 Å². The van der Waals surface area contributed by atoms with E-state index in [1.165, 1.54) is 5.56 Å². The number of nitrogens with one attached hydrogen (secondary N) is 1. The summed E-state index contributed by atoms with van der Waals surface area (Å²) in [6.07, 6.45) is 5.97. The fraction of sp³-hybridized carbons (Fsp3) is 0.412. The third-order valence-corrected chi connectivity index (χ3v) is 3.34. The van der Waals surface area contributed by atoms with Gasteiger partial charge in [-0.3, -0.25) is 0 Å². The van der Waals surface area contributed by atoms with Gasteiger partial charge in [0.05, 0.1) is 0 Å². The molecule has 1 aromatic heterocycles. The first kappa shape index (κ1) is 19.5. The molecule has 23 heavy (non-hydrogen) atoms. The molecule has 5 nitrogen and oxygen atoms in total. The van der Waals surface area contributed by atoms with Crippen LogP contribution in [0.1, 0.15) is 31.7 Å². The number of aryl methyl sites for hydroxylation is 2. The zero-order chi connectivity index (χ0) is 15.8.